The van der Waals surface area contributed by atoms with E-state index in [2.05, 4.69) is 29.2 Å². The third kappa shape index (κ3) is 3.76. The third-order valence-corrected chi connectivity index (χ3v) is 8.94. The first kappa shape index (κ1) is 19.3. The zero-order valence-electron chi connectivity index (χ0n) is 17.0. The first-order chi connectivity index (χ1) is 14.1. The second kappa shape index (κ2) is 7.86. The molecule has 0 radical (unpaired) electrons. The van der Waals surface area contributed by atoms with Crippen molar-refractivity contribution in [3.63, 3.8) is 0 Å². The van der Waals surface area contributed by atoms with Crippen LogP contribution in [-0.4, -0.2) is 43.3 Å². The van der Waals surface area contributed by atoms with E-state index in [0.717, 1.165) is 42.5 Å². The standard InChI is InChI=1S/C24H30N2O2S/c27-29(28,26-14-3-4-15-26)24-9-2-1-8-23(24)21-12-10-19(11-13-21)17-25-18-20-6-5-7-22(25)16-20/h1-2,8-13,20,22H,3-7,14-18H2/t20-,22+/m1/s1. The molecule has 0 unspecified atom stereocenters. The lowest BCUT2D eigenvalue weighted by molar-refractivity contribution is 0.237. The lowest BCUT2D eigenvalue weighted by Gasteiger charge is -2.24. The van der Waals surface area contributed by atoms with Gasteiger partial charge < -0.3 is 0 Å². The monoisotopic (exact) mass is 410 g/mol. The molecule has 2 aromatic rings. The highest BCUT2D eigenvalue weighted by Gasteiger charge is 2.34. The number of hydrogen-bond donors (Lipinski definition) is 0. The summed E-state index contributed by atoms with van der Waals surface area (Å²) in [7, 11) is -3.43. The Morgan fingerprint density at radius 1 is 0.897 bits per heavy atom. The van der Waals surface area contributed by atoms with E-state index in [4.69, 9.17) is 0 Å². The zero-order valence-corrected chi connectivity index (χ0v) is 17.8. The number of nitrogens with zero attached hydrogens (tertiary/aromatic N) is 2. The highest BCUT2D eigenvalue weighted by Crippen LogP contribution is 2.36. The van der Waals surface area contributed by atoms with Gasteiger partial charge in [0.1, 0.15) is 0 Å². The van der Waals surface area contributed by atoms with Crippen LogP contribution in [-0.2, 0) is 16.6 Å². The van der Waals surface area contributed by atoms with Crippen LogP contribution in [0.3, 0.4) is 0 Å². The Morgan fingerprint density at radius 2 is 1.66 bits per heavy atom. The summed E-state index contributed by atoms with van der Waals surface area (Å²) in [5, 5.41) is 0. The third-order valence-electron chi connectivity index (χ3n) is 6.98. The topological polar surface area (TPSA) is 40.6 Å². The molecule has 2 aromatic carbocycles. The Kier molecular flexibility index (Phi) is 5.23. The second-order valence-electron chi connectivity index (χ2n) is 8.92. The summed E-state index contributed by atoms with van der Waals surface area (Å²) >= 11 is 0. The maximum absolute atomic E-state index is 13.2. The Balaban J connectivity index is 1.38. The molecule has 3 fully saturated rings. The Hall–Kier alpha value is -1.69. The molecule has 5 rings (SSSR count). The van der Waals surface area contributed by atoms with Crippen LogP contribution in [0.15, 0.2) is 53.4 Å². The number of hydrogen-bond acceptors (Lipinski definition) is 3. The van der Waals surface area contributed by atoms with Crippen LogP contribution in [0.5, 0.6) is 0 Å². The van der Waals surface area contributed by atoms with E-state index in [1.807, 2.05) is 18.2 Å². The first-order valence-corrected chi connectivity index (χ1v) is 12.5. The predicted octanol–water partition coefficient (Wildman–Crippen LogP) is 4.51. The summed E-state index contributed by atoms with van der Waals surface area (Å²) in [4.78, 5) is 3.08. The molecule has 2 saturated heterocycles. The highest BCUT2D eigenvalue weighted by molar-refractivity contribution is 7.89. The van der Waals surface area contributed by atoms with Crippen molar-refractivity contribution >= 4 is 10.0 Å². The van der Waals surface area contributed by atoms with Crippen molar-refractivity contribution in [1.29, 1.82) is 0 Å². The van der Waals surface area contributed by atoms with Gasteiger partial charge in [0.15, 0.2) is 0 Å². The molecule has 0 aromatic heterocycles. The van der Waals surface area contributed by atoms with E-state index in [-0.39, 0.29) is 0 Å². The highest BCUT2D eigenvalue weighted by atomic mass is 32.2. The van der Waals surface area contributed by atoms with E-state index in [1.54, 1.807) is 10.4 Å². The summed E-state index contributed by atoms with van der Waals surface area (Å²) in [6.45, 7) is 3.51. The van der Waals surface area contributed by atoms with Crippen LogP contribution in [0.2, 0.25) is 0 Å². The maximum Gasteiger partial charge on any atom is 0.243 e. The number of rotatable bonds is 5. The minimum absolute atomic E-state index is 0.433. The van der Waals surface area contributed by atoms with Crippen LogP contribution < -0.4 is 0 Å². The second-order valence-corrected chi connectivity index (χ2v) is 10.8. The molecule has 29 heavy (non-hydrogen) atoms. The molecule has 154 valence electrons. The van der Waals surface area contributed by atoms with Gasteiger partial charge in [0.25, 0.3) is 0 Å². The fraction of sp³-hybridized carbons (Fsp3) is 0.500. The number of sulfonamides is 1. The Labute approximate surface area is 174 Å². The van der Waals surface area contributed by atoms with Crippen LogP contribution >= 0.6 is 0 Å². The number of likely N-dealkylation sites (tertiary alicyclic amines) is 1. The van der Waals surface area contributed by atoms with Crippen molar-refractivity contribution in [2.24, 2.45) is 5.92 Å². The van der Waals surface area contributed by atoms with Gasteiger partial charge in [-0.1, -0.05) is 48.9 Å². The molecule has 0 N–H and O–H groups in total. The summed E-state index contributed by atoms with van der Waals surface area (Å²) in [6, 6.07) is 16.7. The maximum atomic E-state index is 13.2. The summed E-state index contributed by atoms with van der Waals surface area (Å²) in [6.07, 6.45) is 7.40. The van der Waals surface area contributed by atoms with Crippen LogP contribution in [0.1, 0.15) is 44.1 Å². The molecule has 5 heteroatoms. The van der Waals surface area contributed by atoms with Crippen molar-refractivity contribution in [1.82, 2.24) is 9.21 Å². The van der Waals surface area contributed by atoms with Crippen molar-refractivity contribution < 1.29 is 8.42 Å². The molecule has 2 aliphatic heterocycles. The van der Waals surface area contributed by atoms with E-state index in [9.17, 15) is 8.42 Å². The smallest absolute Gasteiger partial charge is 0.243 e. The Morgan fingerprint density at radius 3 is 2.41 bits per heavy atom. The number of benzene rings is 2. The van der Waals surface area contributed by atoms with Gasteiger partial charge in [0.05, 0.1) is 4.90 Å². The van der Waals surface area contributed by atoms with Gasteiger partial charge in [-0.05, 0) is 55.2 Å². The van der Waals surface area contributed by atoms with Gasteiger partial charge in [-0.2, -0.15) is 4.31 Å². The molecule has 4 nitrogen and oxygen atoms in total. The zero-order chi connectivity index (χ0) is 19.8. The SMILES string of the molecule is O=S(=O)(c1ccccc1-c1ccc(CN2C[C@@H]3CCC[C@H]2C3)cc1)N1CCCC1. The normalized spacial score (nSPS) is 25.5. The van der Waals surface area contributed by atoms with E-state index < -0.39 is 10.0 Å². The average molecular weight is 411 g/mol. The molecule has 1 aliphatic carbocycles. The largest absolute Gasteiger partial charge is 0.296 e. The van der Waals surface area contributed by atoms with Gasteiger partial charge in [-0.3, -0.25) is 4.90 Å². The fourth-order valence-electron chi connectivity index (χ4n) is 5.46. The van der Waals surface area contributed by atoms with Gasteiger partial charge in [-0.15, -0.1) is 0 Å². The summed E-state index contributed by atoms with van der Waals surface area (Å²) in [5.41, 5.74) is 3.11. The van der Waals surface area contributed by atoms with E-state index >= 15 is 0 Å². The number of fused-ring (bicyclic) bond motifs is 2. The molecule has 0 amide bonds. The van der Waals surface area contributed by atoms with E-state index in [1.165, 1.54) is 37.8 Å². The minimum atomic E-state index is -3.43. The molecule has 1 saturated carbocycles. The summed E-state index contributed by atoms with van der Waals surface area (Å²) in [5.74, 6) is 0.899. The molecule has 2 atom stereocenters. The molecule has 2 bridgehead atoms. The molecular weight excluding hydrogens is 380 g/mol. The predicted molar refractivity (Wildman–Crippen MR) is 116 cm³/mol. The molecule has 0 spiro atoms. The van der Waals surface area contributed by atoms with Gasteiger partial charge in [0.2, 0.25) is 10.0 Å². The van der Waals surface area contributed by atoms with Gasteiger partial charge in [0, 0.05) is 37.8 Å². The first-order valence-electron chi connectivity index (χ1n) is 11.0. The van der Waals surface area contributed by atoms with Crippen LogP contribution in [0.25, 0.3) is 11.1 Å². The quantitative estimate of drug-likeness (QED) is 0.728. The summed E-state index contributed by atoms with van der Waals surface area (Å²) < 4.78 is 27.9. The van der Waals surface area contributed by atoms with Crippen molar-refractivity contribution in [2.45, 2.75) is 56.0 Å². The fourth-order valence-corrected chi connectivity index (χ4v) is 7.19. The molecule has 3 aliphatic rings. The van der Waals surface area contributed by atoms with Crippen LogP contribution in [0, 0.1) is 5.92 Å². The Bertz CT molecular complexity index is 965. The lowest BCUT2D eigenvalue weighted by Crippen LogP contribution is -2.28. The van der Waals surface area contributed by atoms with E-state index in [0.29, 0.717) is 18.0 Å². The van der Waals surface area contributed by atoms with Gasteiger partial charge >= 0.3 is 0 Å². The molecular formula is C24H30N2O2S. The van der Waals surface area contributed by atoms with Crippen molar-refractivity contribution in [3.8, 4) is 11.1 Å². The molecule has 2 heterocycles. The lowest BCUT2D eigenvalue weighted by atomic mass is 9.90. The minimum Gasteiger partial charge on any atom is -0.296 e. The average Bonchev–Trinajstić information content (AvgIpc) is 3.38. The van der Waals surface area contributed by atoms with Gasteiger partial charge in [-0.25, -0.2) is 8.42 Å². The van der Waals surface area contributed by atoms with Crippen molar-refractivity contribution in [3.05, 3.63) is 54.1 Å². The van der Waals surface area contributed by atoms with Crippen molar-refractivity contribution in [2.75, 3.05) is 19.6 Å². The van der Waals surface area contributed by atoms with Crippen LogP contribution in [0.4, 0.5) is 0 Å².